The monoisotopic (exact) mass is 500 g/mol. The number of pyridine rings is 1. The second-order valence-electron chi connectivity index (χ2n) is 9.26. The highest BCUT2D eigenvalue weighted by Crippen LogP contribution is 2.26. The van der Waals surface area contributed by atoms with Gasteiger partial charge in [-0.1, -0.05) is 36.4 Å². The molecule has 3 heterocycles. The number of carbonyl (C=O) groups is 1. The second-order valence-corrected chi connectivity index (χ2v) is 10.4. The third kappa shape index (κ3) is 6.29. The first kappa shape index (κ1) is 24.4. The van der Waals surface area contributed by atoms with Crippen molar-refractivity contribution in [2.24, 2.45) is 0 Å². The zero-order valence-electron chi connectivity index (χ0n) is 20.7. The first-order valence-electron chi connectivity index (χ1n) is 12.4. The van der Waals surface area contributed by atoms with E-state index in [-0.39, 0.29) is 5.91 Å². The fraction of sp³-hybridized carbons (Fsp3) is 0.310. The van der Waals surface area contributed by atoms with E-state index in [1.807, 2.05) is 28.4 Å². The van der Waals surface area contributed by atoms with E-state index in [0.717, 1.165) is 51.6 Å². The number of amides is 1. The van der Waals surface area contributed by atoms with Crippen molar-refractivity contribution in [3.05, 3.63) is 95.1 Å². The minimum absolute atomic E-state index is 0.0149. The van der Waals surface area contributed by atoms with E-state index in [0.29, 0.717) is 12.3 Å². The number of nitrogens with zero attached hydrogens (tertiary/aromatic N) is 4. The summed E-state index contributed by atoms with van der Waals surface area (Å²) in [4.78, 5) is 24.7. The molecule has 0 bridgehead atoms. The fourth-order valence-electron chi connectivity index (χ4n) is 4.56. The molecule has 2 aromatic heterocycles. The molecule has 0 aliphatic carbocycles. The molecule has 2 aromatic carbocycles. The average molecular weight is 501 g/mol. The number of ether oxygens (including phenoxy) is 1. The molecule has 186 valence electrons. The molecule has 1 aliphatic heterocycles. The summed E-state index contributed by atoms with van der Waals surface area (Å²) in [5, 5.41) is 1.33. The predicted octanol–water partition coefficient (Wildman–Crippen LogP) is 4.77. The van der Waals surface area contributed by atoms with Crippen molar-refractivity contribution in [3.63, 3.8) is 0 Å². The zero-order valence-corrected chi connectivity index (χ0v) is 21.5. The molecule has 0 radical (unpaired) electrons. The molecule has 5 rings (SSSR count). The Morgan fingerprint density at radius 1 is 0.972 bits per heavy atom. The summed E-state index contributed by atoms with van der Waals surface area (Å²) < 4.78 is 7.35. The SMILES string of the molecule is CN(Cc1ccc(OCCN2CCN(C(=O)c3ccccn3)CC2)cc1)Cc1cc2ccccc2s1. The molecule has 0 spiro atoms. The summed E-state index contributed by atoms with van der Waals surface area (Å²) in [6.07, 6.45) is 1.66. The molecular weight excluding hydrogens is 468 g/mol. The van der Waals surface area contributed by atoms with Crippen molar-refractivity contribution < 1.29 is 9.53 Å². The van der Waals surface area contributed by atoms with Gasteiger partial charge in [0.25, 0.3) is 5.91 Å². The molecule has 4 aromatic rings. The maximum atomic E-state index is 12.5. The molecular formula is C29H32N4O2S. The molecule has 0 unspecified atom stereocenters. The van der Waals surface area contributed by atoms with Gasteiger partial charge in [-0.2, -0.15) is 0 Å². The van der Waals surface area contributed by atoms with Crippen LogP contribution in [-0.4, -0.2) is 72.0 Å². The van der Waals surface area contributed by atoms with Crippen LogP contribution in [0.15, 0.2) is 79.0 Å². The van der Waals surface area contributed by atoms with Crippen LogP contribution >= 0.6 is 11.3 Å². The predicted molar refractivity (Wildman–Crippen MR) is 146 cm³/mol. The molecule has 1 fully saturated rings. The van der Waals surface area contributed by atoms with Gasteiger partial charge in [-0.15, -0.1) is 11.3 Å². The quantitative estimate of drug-likeness (QED) is 0.332. The van der Waals surface area contributed by atoms with E-state index in [1.54, 1.807) is 12.3 Å². The van der Waals surface area contributed by atoms with Gasteiger partial charge in [0.05, 0.1) is 0 Å². The van der Waals surface area contributed by atoms with Crippen LogP contribution in [0.25, 0.3) is 10.1 Å². The number of fused-ring (bicyclic) bond motifs is 1. The molecule has 0 saturated carbocycles. The number of thiophene rings is 1. The van der Waals surface area contributed by atoms with Crippen LogP contribution in [0.1, 0.15) is 20.9 Å². The van der Waals surface area contributed by atoms with Crippen molar-refractivity contribution in [3.8, 4) is 5.75 Å². The topological polar surface area (TPSA) is 48.9 Å². The Labute approximate surface area is 216 Å². The van der Waals surface area contributed by atoms with Crippen LogP contribution in [0, 0.1) is 0 Å². The Balaban J connectivity index is 1.02. The lowest BCUT2D eigenvalue weighted by atomic mass is 10.2. The van der Waals surface area contributed by atoms with Crippen molar-refractivity contribution in [2.75, 3.05) is 46.4 Å². The van der Waals surface area contributed by atoms with E-state index in [4.69, 9.17) is 4.74 Å². The lowest BCUT2D eigenvalue weighted by molar-refractivity contribution is 0.0614. The van der Waals surface area contributed by atoms with Crippen LogP contribution in [-0.2, 0) is 13.1 Å². The van der Waals surface area contributed by atoms with Crippen LogP contribution in [0.4, 0.5) is 0 Å². The maximum absolute atomic E-state index is 12.5. The molecule has 1 amide bonds. The van der Waals surface area contributed by atoms with E-state index in [1.165, 1.54) is 20.5 Å². The Morgan fingerprint density at radius 3 is 2.50 bits per heavy atom. The van der Waals surface area contributed by atoms with Crippen LogP contribution in [0.2, 0.25) is 0 Å². The highest BCUT2D eigenvalue weighted by molar-refractivity contribution is 7.19. The van der Waals surface area contributed by atoms with Gasteiger partial charge in [-0.05, 0) is 54.4 Å². The van der Waals surface area contributed by atoms with Crippen LogP contribution in [0.5, 0.6) is 5.75 Å². The Bertz CT molecular complexity index is 1230. The summed E-state index contributed by atoms with van der Waals surface area (Å²) in [7, 11) is 2.17. The van der Waals surface area contributed by atoms with Gasteiger partial charge in [0.2, 0.25) is 0 Å². The van der Waals surface area contributed by atoms with Crippen LogP contribution < -0.4 is 4.74 Å². The Kier molecular flexibility index (Phi) is 7.91. The number of carbonyl (C=O) groups excluding carboxylic acids is 1. The van der Waals surface area contributed by atoms with Crippen LogP contribution in [0.3, 0.4) is 0 Å². The standard InChI is InChI=1S/C29H32N4O2S/c1-31(22-26-20-24-6-2-3-8-28(24)36-26)21-23-9-11-25(12-10-23)35-19-18-32-14-16-33(17-15-32)29(34)27-7-4-5-13-30-27/h2-13,20H,14-19,21-22H2,1H3. The lowest BCUT2D eigenvalue weighted by Crippen LogP contribution is -2.49. The molecule has 7 heteroatoms. The molecule has 0 N–H and O–H groups in total. The summed E-state index contributed by atoms with van der Waals surface area (Å²) in [6, 6.07) is 24.7. The zero-order chi connectivity index (χ0) is 24.7. The largest absolute Gasteiger partial charge is 0.492 e. The summed E-state index contributed by atoms with van der Waals surface area (Å²) in [5.41, 5.74) is 1.80. The fourth-order valence-corrected chi connectivity index (χ4v) is 5.70. The van der Waals surface area contributed by atoms with E-state index < -0.39 is 0 Å². The van der Waals surface area contributed by atoms with Crippen molar-refractivity contribution in [1.82, 2.24) is 19.7 Å². The number of rotatable bonds is 9. The van der Waals surface area contributed by atoms with E-state index in [2.05, 4.69) is 76.4 Å². The second kappa shape index (κ2) is 11.6. The van der Waals surface area contributed by atoms with Gasteiger partial charge >= 0.3 is 0 Å². The van der Waals surface area contributed by atoms with Gasteiger partial charge in [0.15, 0.2) is 0 Å². The van der Waals surface area contributed by atoms with Gasteiger partial charge in [-0.25, -0.2) is 0 Å². The van der Waals surface area contributed by atoms with Gasteiger partial charge in [0, 0.05) is 61.6 Å². The van der Waals surface area contributed by atoms with Crippen molar-refractivity contribution >= 4 is 27.3 Å². The lowest BCUT2D eigenvalue weighted by Gasteiger charge is -2.34. The van der Waals surface area contributed by atoms with Crippen molar-refractivity contribution in [2.45, 2.75) is 13.1 Å². The third-order valence-corrected chi connectivity index (χ3v) is 7.60. The van der Waals surface area contributed by atoms with Gasteiger partial charge in [-0.3, -0.25) is 19.6 Å². The molecule has 36 heavy (non-hydrogen) atoms. The first-order valence-corrected chi connectivity index (χ1v) is 13.3. The number of hydrogen-bond donors (Lipinski definition) is 0. The van der Waals surface area contributed by atoms with Crippen molar-refractivity contribution in [1.29, 1.82) is 0 Å². The third-order valence-electron chi connectivity index (χ3n) is 6.50. The molecule has 1 aliphatic rings. The Morgan fingerprint density at radius 2 is 1.75 bits per heavy atom. The number of benzene rings is 2. The normalized spacial score (nSPS) is 14.4. The highest BCUT2D eigenvalue weighted by atomic mass is 32.1. The van der Waals surface area contributed by atoms with E-state index >= 15 is 0 Å². The number of hydrogen-bond acceptors (Lipinski definition) is 6. The van der Waals surface area contributed by atoms with E-state index in [9.17, 15) is 4.79 Å². The summed E-state index contributed by atoms with van der Waals surface area (Å²) in [6.45, 7) is 6.48. The summed E-state index contributed by atoms with van der Waals surface area (Å²) >= 11 is 1.87. The highest BCUT2D eigenvalue weighted by Gasteiger charge is 2.22. The minimum atomic E-state index is 0.0149. The molecule has 0 atom stereocenters. The number of piperazine rings is 1. The minimum Gasteiger partial charge on any atom is -0.492 e. The average Bonchev–Trinajstić information content (AvgIpc) is 3.32. The number of aromatic nitrogens is 1. The molecule has 6 nitrogen and oxygen atoms in total. The first-order chi connectivity index (χ1) is 17.6. The summed E-state index contributed by atoms with van der Waals surface area (Å²) in [5.74, 6) is 0.913. The maximum Gasteiger partial charge on any atom is 0.272 e. The van der Waals surface area contributed by atoms with Gasteiger partial charge in [0.1, 0.15) is 18.1 Å². The smallest absolute Gasteiger partial charge is 0.272 e. The molecule has 1 saturated heterocycles. The van der Waals surface area contributed by atoms with Gasteiger partial charge < -0.3 is 9.64 Å². The Hall–Kier alpha value is -3.26.